The number of hydrogen-bond donors (Lipinski definition) is 4. The largest absolute Gasteiger partial charge is 0.391 e. The molecule has 1 fully saturated rings. The zero-order chi connectivity index (χ0) is 20.5. The zero-order valence-electron chi connectivity index (χ0n) is 15.1. The lowest BCUT2D eigenvalue weighted by Gasteiger charge is -2.15. The molecule has 5 N–H and O–H groups in total. The van der Waals surface area contributed by atoms with E-state index in [1.54, 1.807) is 24.3 Å². The van der Waals surface area contributed by atoms with Crippen LogP contribution < -0.4 is 5.73 Å². The summed E-state index contributed by atoms with van der Waals surface area (Å²) in [5.74, 6) is 0.649. The molecule has 1 aliphatic rings. The number of nitrogen functional groups attached to an aromatic ring is 1. The van der Waals surface area contributed by atoms with E-state index >= 15 is 0 Å². The third-order valence-electron chi connectivity index (χ3n) is 4.57. The van der Waals surface area contributed by atoms with Gasteiger partial charge in [0.15, 0.2) is 22.8 Å². The van der Waals surface area contributed by atoms with Crippen LogP contribution in [0.2, 0.25) is 0 Å². The summed E-state index contributed by atoms with van der Waals surface area (Å²) in [4.78, 5) is 26.0. The highest BCUT2D eigenvalue weighted by atomic mass is 16.6. The van der Waals surface area contributed by atoms with E-state index in [1.165, 1.54) is 12.1 Å². The first-order chi connectivity index (χ1) is 13.9. The molecule has 11 heteroatoms. The second kappa shape index (κ2) is 7.54. The average molecular weight is 398 g/mol. The number of fused-ring (bicyclic) bond motifs is 1. The van der Waals surface area contributed by atoms with Gasteiger partial charge in [-0.25, -0.2) is 15.0 Å². The highest BCUT2D eigenvalue weighted by Crippen LogP contribution is 2.27. The predicted octanol–water partition coefficient (Wildman–Crippen LogP) is 1.20. The Hall–Kier alpha value is -3.41. The molecule has 1 aliphatic heterocycles. The number of rotatable bonds is 5. The Morgan fingerprint density at radius 2 is 2.03 bits per heavy atom. The number of anilines is 1. The summed E-state index contributed by atoms with van der Waals surface area (Å²) in [5.41, 5.74) is 7.44. The lowest BCUT2D eigenvalue weighted by molar-refractivity contribution is -0.384. The van der Waals surface area contributed by atoms with Crippen molar-refractivity contribution in [1.82, 2.24) is 19.9 Å². The van der Waals surface area contributed by atoms with Crippen molar-refractivity contribution in [3.8, 4) is 0 Å². The van der Waals surface area contributed by atoms with Gasteiger partial charge in [0.25, 0.3) is 5.69 Å². The van der Waals surface area contributed by atoms with E-state index in [0.717, 1.165) is 5.56 Å². The van der Waals surface area contributed by atoms with Gasteiger partial charge in [0.1, 0.15) is 11.9 Å². The minimum absolute atomic E-state index is 0.0128. The summed E-state index contributed by atoms with van der Waals surface area (Å²) >= 11 is 0. The molecule has 0 amide bonds. The molecule has 0 spiro atoms. The van der Waals surface area contributed by atoms with E-state index < -0.39 is 23.2 Å². The summed E-state index contributed by atoms with van der Waals surface area (Å²) in [6.07, 6.45) is 1.34. The highest BCUT2D eigenvalue weighted by molar-refractivity contribution is 5.83. The lowest BCUT2D eigenvalue weighted by atomic mass is 10.1. The number of H-pyrrole nitrogens is 1. The Labute approximate surface area is 164 Å². The number of nitro groups is 1. The molecule has 3 heterocycles. The third-order valence-corrected chi connectivity index (χ3v) is 4.57. The molecule has 3 aromatic rings. The van der Waals surface area contributed by atoms with E-state index in [1.807, 2.05) is 0 Å². The lowest BCUT2D eigenvalue weighted by Crippen LogP contribution is -2.20. The van der Waals surface area contributed by atoms with Gasteiger partial charge in [0.05, 0.1) is 23.7 Å². The van der Waals surface area contributed by atoms with Gasteiger partial charge < -0.3 is 25.7 Å². The van der Waals surface area contributed by atoms with Gasteiger partial charge in [-0.15, -0.1) is 0 Å². The number of aliphatic hydroxyl groups is 2. The molecule has 4 rings (SSSR count). The second-order valence-corrected chi connectivity index (χ2v) is 6.67. The fraction of sp³-hybridized carbons (Fsp3) is 0.278. The van der Waals surface area contributed by atoms with Crippen LogP contribution in [0.25, 0.3) is 23.3 Å². The summed E-state index contributed by atoms with van der Waals surface area (Å²) in [7, 11) is 0. The van der Waals surface area contributed by atoms with E-state index in [2.05, 4.69) is 19.9 Å². The van der Waals surface area contributed by atoms with E-state index in [9.17, 15) is 20.3 Å². The molecule has 3 unspecified atom stereocenters. The molecule has 1 aromatic carbocycles. The van der Waals surface area contributed by atoms with Crippen LogP contribution in [0.15, 0.2) is 24.3 Å². The summed E-state index contributed by atoms with van der Waals surface area (Å²) < 4.78 is 5.35. The fourth-order valence-corrected chi connectivity index (χ4v) is 3.08. The third kappa shape index (κ3) is 3.92. The topological polar surface area (TPSA) is 173 Å². The maximum atomic E-state index is 10.7. The minimum Gasteiger partial charge on any atom is -0.391 e. The SMILES string of the molecule is Nc1nc(C(O)C2CC(O)CO2)nc2[nH]c(/C=C/c3ccc([N+](=O)[O-])cc3)nc12. The Kier molecular flexibility index (Phi) is 4.92. The highest BCUT2D eigenvalue weighted by Gasteiger charge is 2.32. The maximum Gasteiger partial charge on any atom is 0.269 e. The number of benzene rings is 1. The van der Waals surface area contributed by atoms with Gasteiger partial charge in [-0.2, -0.15) is 0 Å². The Morgan fingerprint density at radius 3 is 2.69 bits per heavy atom. The van der Waals surface area contributed by atoms with E-state index in [0.29, 0.717) is 17.0 Å². The van der Waals surface area contributed by atoms with Crippen LogP contribution >= 0.6 is 0 Å². The van der Waals surface area contributed by atoms with Crippen molar-refractivity contribution in [1.29, 1.82) is 0 Å². The van der Waals surface area contributed by atoms with E-state index in [-0.39, 0.29) is 30.4 Å². The van der Waals surface area contributed by atoms with Gasteiger partial charge in [-0.05, 0) is 23.8 Å². The Bertz CT molecular complexity index is 1080. The molecular weight excluding hydrogens is 380 g/mol. The number of nitrogens with zero attached hydrogens (tertiary/aromatic N) is 4. The van der Waals surface area contributed by atoms with Crippen molar-refractivity contribution in [2.75, 3.05) is 12.3 Å². The maximum absolute atomic E-state index is 10.7. The molecule has 0 radical (unpaired) electrons. The molecule has 150 valence electrons. The van der Waals surface area contributed by atoms with Crippen LogP contribution in [0.1, 0.15) is 29.7 Å². The summed E-state index contributed by atoms with van der Waals surface area (Å²) in [6.45, 7) is 0.154. The predicted molar refractivity (Wildman–Crippen MR) is 103 cm³/mol. The number of nitrogens with one attached hydrogen (secondary N) is 1. The number of imidazole rings is 1. The van der Waals surface area contributed by atoms with Gasteiger partial charge in [0.2, 0.25) is 0 Å². The second-order valence-electron chi connectivity index (χ2n) is 6.67. The van der Waals surface area contributed by atoms with Gasteiger partial charge in [-0.1, -0.05) is 6.08 Å². The van der Waals surface area contributed by atoms with Crippen LogP contribution in [0.5, 0.6) is 0 Å². The van der Waals surface area contributed by atoms with Crippen LogP contribution in [-0.2, 0) is 4.74 Å². The first-order valence-electron chi connectivity index (χ1n) is 8.84. The molecular formula is C18H18N6O5. The molecule has 29 heavy (non-hydrogen) atoms. The number of non-ortho nitro benzene ring substituents is 1. The molecule has 0 saturated carbocycles. The normalized spacial score (nSPS) is 20.5. The quantitative estimate of drug-likeness (QED) is 0.363. The fourth-order valence-electron chi connectivity index (χ4n) is 3.08. The summed E-state index contributed by atoms with van der Waals surface area (Å²) in [6, 6.07) is 6.07. The number of aromatic nitrogens is 4. The van der Waals surface area contributed by atoms with Gasteiger partial charge >= 0.3 is 0 Å². The first kappa shape index (κ1) is 18.9. The van der Waals surface area contributed by atoms with Crippen molar-refractivity contribution in [2.24, 2.45) is 0 Å². The molecule has 3 atom stereocenters. The number of aromatic amines is 1. The van der Waals surface area contributed by atoms with Crippen molar-refractivity contribution in [2.45, 2.75) is 24.7 Å². The van der Waals surface area contributed by atoms with Gasteiger partial charge in [-0.3, -0.25) is 10.1 Å². The van der Waals surface area contributed by atoms with Crippen LogP contribution in [0, 0.1) is 10.1 Å². The van der Waals surface area contributed by atoms with Crippen molar-refractivity contribution in [3.05, 3.63) is 51.6 Å². The van der Waals surface area contributed by atoms with Crippen LogP contribution in [0.4, 0.5) is 11.5 Å². The number of ether oxygens (including phenoxy) is 1. The van der Waals surface area contributed by atoms with Gasteiger partial charge in [0, 0.05) is 18.6 Å². The van der Waals surface area contributed by atoms with Crippen molar-refractivity contribution < 1.29 is 19.9 Å². The number of hydrogen-bond acceptors (Lipinski definition) is 9. The van der Waals surface area contributed by atoms with Crippen molar-refractivity contribution >= 4 is 34.8 Å². The first-order valence-corrected chi connectivity index (χ1v) is 8.84. The standard InChI is InChI=1S/C18H18N6O5/c19-16-14-17(23-18(22-16)15(26)12-7-11(25)8-29-12)21-13(20-14)6-3-9-1-4-10(5-2-9)24(27)28/h1-6,11-12,15,25-26H,7-8H2,(H3,19,20,21,22,23)/b6-3+. The van der Waals surface area contributed by atoms with Crippen molar-refractivity contribution in [3.63, 3.8) is 0 Å². The minimum atomic E-state index is -1.12. The monoisotopic (exact) mass is 398 g/mol. The zero-order valence-corrected chi connectivity index (χ0v) is 15.1. The van der Waals surface area contributed by atoms with Crippen LogP contribution in [0.3, 0.4) is 0 Å². The number of nitrogens with two attached hydrogens (primary N) is 1. The number of nitro benzene ring substituents is 1. The molecule has 0 aliphatic carbocycles. The molecule has 11 nitrogen and oxygen atoms in total. The van der Waals surface area contributed by atoms with Crippen LogP contribution in [-0.4, -0.2) is 53.9 Å². The number of aliphatic hydroxyl groups excluding tert-OH is 2. The Balaban J connectivity index is 1.57. The van der Waals surface area contributed by atoms with E-state index in [4.69, 9.17) is 10.5 Å². The molecule has 2 aromatic heterocycles. The summed E-state index contributed by atoms with van der Waals surface area (Å²) in [5, 5.41) is 30.7. The average Bonchev–Trinajstić information content (AvgIpc) is 3.32. The Morgan fingerprint density at radius 1 is 1.28 bits per heavy atom. The smallest absolute Gasteiger partial charge is 0.269 e. The molecule has 0 bridgehead atoms. The molecule has 1 saturated heterocycles.